The lowest BCUT2D eigenvalue weighted by atomic mass is 9.98. The molecule has 3 aromatic rings. The molecule has 0 radical (unpaired) electrons. The highest BCUT2D eigenvalue weighted by atomic mass is 16.1. The van der Waals surface area contributed by atoms with E-state index in [9.17, 15) is 4.79 Å². The summed E-state index contributed by atoms with van der Waals surface area (Å²) in [6.07, 6.45) is 1.89. The highest BCUT2D eigenvalue weighted by molar-refractivity contribution is 5.97. The molecule has 1 aromatic heterocycles. The van der Waals surface area contributed by atoms with Crippen molar-refractivity contribution in [3.63, 3.8) is 0 Å². The Bertz CT molecular complexity index is 893. The standard InChI is InChI=1S/C21H24N4O/c1-15-9-8-10-16(2)19(15)20(26)22-21(3,4)18-14-25(24-23-18)13-17-11-6-5-7-12-17/h5-12,14H,13H2,1-4H3,(H,22,26). The lowest BCUT2D eigenvalue weighted by molar-refractivity contribution is 0.0909. The van der Waals surface area contributed by atoms with Gasteiger partial charge in [0, 0.05) is 5.56 Å². The van der Waals surface area contributed by atoms with Crippen LogP contribution in [-0.4, -0.2) is 20.9 Å². The number of carbonyl (C=O) groups excluding carboxylic acids is 1. The van der Waals surface area contributed by atoms with Gasteiger partial charge in [-0.25, -0.2) is 4.68 Å². The van der Waals surface area contributed by atoms with Crippen LogP contribution in [0.5, 0.6) is 0 Å². The van der Waals surface area contributed by atoms with Crippen molar-refractivity contribution in [1.29, 1.82) is 0 Å². The predicted octanol–water partition coefficient (Wildman–Crippen LogP) is 3.61. The van der Waals surface area contributed by atoms with E-state index in [0.29, 0.717) is 6.54 Å². The fraction of sp³-hybridized carbons (Fsp3) is 0.286. The Hall–Kier alpha value is -2.95. The van der Waals surface area contributed by atoms with Gasteiger partial charge in [0.05, 0.1) is 18.3 Å². The summed E-state index contributed by atoms with van der Waals surface area (Å²) in [5, 5.41) is 11.6. The van der Waals surface area contributed by atoms with E-state index in [0.717, 1.165) is 27.9 Å². The minimum absolute atomic E-state index is 0.0943. The number of hydrogen-bond donors (Lipinski definition) is 1. The van der Waals surface area contributed by atoms with Crippen LogP contribution in [0.4, 0.5) is 0 Å². The molecule has 5 heteroatoms. The van der Waals surface area contributed by atoms with E-state index < -0.39 is 5.54 Å². The molecule has 26 heavy (non-hydrogen) atoms. The maximum atomic E-state index is 12.8. The number of nitrogens with one attached hydrogen (secondary N) is 1. The van der Waals surface area contributed by atoms with Crippen LogP contribution in [-0.2, 0) is 12.1 Å². The summed E-state index contributed by atoms with van der Waals surface area (Å²) in [7, 11) is 0. The molecule has 0 unspecified atom stereocenters. The number of aromatic nitrogens is 3. The Morgan fingerprint density at radius 1 is 1.04 bits per heavy atom. The maximum absolute atomic E-state index is 12.8. The first-order valence-corrected chi connectivity index (χ1v) is 8.70. The predicted molar refractivity (Wildman–Crippen MR) is 102 cm³/mol. The lowest BCUT2D eigenvalue weighted by Crippen LogP contribution is -2.41. The zero-order valence-electron chi connectivity index (χ0n) is 15.7. The molecule has 1 N–H and O–H groups in total. The van der Waals surface area contributed by atoms with Crippen molar-refractivity contribution in [2.24, 2.45) is 0 Å². The molecule has 0 atom stereocenters. The molecular weight excluding hydrogens is 324 g/mol. The number of nitrogens with zero attached hydrogens (tertiary/aromatic N) is 3. The summed E-state index contributed by atoms with van der Waals surface area (Å²) in [5.74, 6) is -0.0943. The summed E-state index contributed by atoms with van der Waals surface area (Å²) in [5.41, 5.74) is 3.91. The number of carbonyl (C=O) groups is 1. The SMILES string of the molecule is Cc1cccc(C)c1C(=O)NC(C)(C)c1cn(Cc2ccccc2)nn1. The largest absolute Gasteiger partial charge is 0.341 e. The lowest BCUT2D eigenvalue weighted by Gasteiger charge is -2.24. The van der Waals surface area contributed by atoms with E-state index in [4.69, 9.17) is 0 Å². The molecule has 134 valence electrons. The molecule has 3 rings (SSSR count). The third-order valence-corrected chi connectivity index (χ3v) is 4.50. The Morgan fingerprint density at radius 2 is 1.69 bits per heavy atom. The second kappa shape index (κ2) is 7.12. The summed E-state index contributed by atoms with van der Waals surface area (Å²) in [6, 6.07) is 16.0. The van der Waals surface area contributed by atoms with Crippen LogP contribution in [0, 0.1) is 13.8 Å². The second-order valence-corrected chi connectivity index (χ2v) is 7.13. The molecule has 1 heterocycles. The van der Waals surface area contributed by atoms with E-state index in [1.54, 1.807) is 4.68 Å². The second-order valence-electron chi connectivity index (χ2n) is 7.13. The molecule has 1 amide bonds. The van der Waals surface area contributed by atoms with Gasteiger partial charge < -0.3 is 5.32 Å². The van der Waals surface area contributed by atoms with Gasteiger partial charge in [-0.2, -0.15) is 0 Å². The average Bonchev–Trinajstić information content (AvgIpc) is 3.04. The molecule has 0 fully saturated rings. The molecule has 0 aliphatic rings. The van der Waals surface area contributed by atoms with Crippen molar-refractivity contribution in [1.82, 2.24) is 20.3 Å². The first-order chi connectivity index (χ1) is 12.4. The van der Waals surface area contributed by atoms with Gasteiger partial charge in [0.25, 0.3) is 5.91 Å². The Kier molecular flexibility index (Phi) is 4.89. The van der Waals surface area contributed by atoms with Crippen LogP contribution in [0.25, 0.3) is 0 Å². The van der Waals surface area contributed by atoms with Gasteiger partial charge in [0.1, 0.15) is 5.69 Å². The van der Waals surface area contributed by atoms with Crippen molar-refractivity contribution in [3.05, 3.63) is 82.7 Å². The molecule has 0 aliphatic heterocycles. The fourth-order valence-corrected chi connectivity index (χ4v) is 3.02. The molecule has 2 aromatic carbocycles. The Balaban J connectivity index is 1.77. The van der Waals surface area contributed by atoms with E-state index >= 15 is 0 Å². The van der Waals surface area contributed by atoms with E-state index in [1.807, 2.05) is 70.3 Å². The minimum atomic E-state index is -0.624. The molecule has 0 spiro atoms. The van der Waals surface area contributed by atoms with Gasteiger partial charge in [0.2, 0.25) is 0 Å². The maximum Gasteiger partial charge on any atom is 0.252 e. The van der Waals surface area contributed by atoms with Gasteiger partial charge in [-0.3, -0.25) is 4.79 Å². The highest BCUT2D eigenvalue weighted by Gasteiger charge is 2.28. The van der Waals surface area contributed by atoms with Crippen LogP contribution in [0.15, 0.2) is 54.7 Å². The number of hydrogen-bond acceptors (Lipinski definition) is 3. The van der Waals surface area contributed by atoms with E-state index in [1.165, 1.54) is 0 Å². The first kappa shape index (κ1) is 17.9. The monoisotopic (exact) mass is 348 g/mol. The van der Waals surface area contributed by atoms with Gasteiger partial charge in [-0.1, -0.05) is 53.7 Å². The van der Waals surface area contributed by atoms with Gasteiger partial charge >= 0.3 is 0 Å². The summed E-state index contributed by atoms with van der Waals surface area (Å²) >= 11 is 0. The third-order valence-electron chi connectivity index (χ3n) is 4.50. The number of rotatable bonds is 5. The normalized spacial score (nSPS) is 11.4. The van der Waals surface area contributed by atoms with Crippen LogP contribution in [0.3, 0.4) is 0 Å². The van der Waals surface area contributed by atoms with Crippen molar-refractivity contribution < 1.29 is 4.79 Å². The van der Waals surface area contributed by atoms with Crippen LogP contribution >= 0.6 is 0 Å². The Morgan fingerprint density at radius 3 is 2.35 bits per heavy atom. The topological polar surface area (TPSA) is 59.8 Å². The molecular formula is C21H24N4O. The fourth-order valence-electron chi connectivity index (χ4n) is 3.02. The first-order valence-electron chi connectivity index (χ1n) is 8.70. The summed E-state index contributed by atoms with van der Waals surface area (Å²) in [4.78, 5) is 12.8. The molecule has 0 aliphatic carbocycles. The quantitative estimate of drug-likeness (QED) is 0.766. The van der Waals surface area contributed by atoms with Crippen LogP contribution in [0.1, 0.15) is 46.6 Å². The smallest absolute Gasteiger partial charge is 0.252 e. The minimum Gasteiger partial charge on any atom is -0.341 e. The van der Waals surface area contributed by atoms with Crippen LogP contribution in [0.2, 0.25) is 0 Å². The van der Waals surface area contributed by atoms with Crippen LogP contribution < -0.4 is 5.32 Å². The van der Waals surface area contributed by atoms with Gasteiger partial charge in [-0.15, -0.1) is 5.10 Å². The van der Waals surface area contributed by atoms with Gasteiger partial charge in [0.15, 0.2) is 0 Å². The number of amides is 1. The van der Waals surface area contributed by atoms with E-state index in [2.05, 4.69) is 27.8 Å². The van der Waals surface area contributed by atoms with Crippen molar-refractivity contribution in [3.8, 4) is 0 Å². The van der Waals surface area contributed by atoms with Crippen molar-refractivity contribution in [2.75, 3.05) is 0 Å². The zero-order valence-corrected chi connectivity index (χ0v) is 15.7. The number of benzene rings is 2. The summed E-state index contributed by atoms with van der Waals surface area (Å²) in [6.45, 7) is 8.43. The highest BCUT2D eigenvalue weighted by Crippen LogP contribution is 2.20. The third kappa shape index (κ3) is 3.82. The molecule has 0 saturated heterocycles. The molecule has 0 saturated carbocycles. The van der Waals surface area contributed by atoms with E-state index in [-0.39, 0.29) is 5.91 Å². The van der Waals surface area contributed by atoms with Crippen molar-refractivity contribution >= 4 is 5.91 Å². The van der Waals surface area contributed by atoms with Gasteiger partial charge in [-0.05, 0) is 44.4 Å². The van der Waals surface area contributed by atoms with Crippen molar-refractivity contribution in [2.45, 2.75) is 39.8 Å². The zero-order chi connectivity index (χ0) is 18.7. The molecule has 5 nitrogen and oxygen atoms in total. The average molecular weight is 348 g/mol. The Labute approximate surface area is 154 Å². The molecule has 0 bridgehead atoms. The summed E-state index contributed by atoms with van der Waals surface area (Å²) < 4.78 is 1.79. The number of aryl methyl sites for hydroxylation is 2.